The van der Waals surface area contributed by atoms with Crippen LogP contribution in [0.15, 0.2) is 0 Å². The number of carbonyl (C=O) groups excluding carboxylic acids is 1. The highest BCUT2D eigenvalue weighted by molar-refractivity contribution is 5.79. The highest BCUT2D eigenvalue weighted by Crippen LogP contribution is 2.66. The number of carbonyl (C=O) groups is 1. The van der Waals surface area contributed by atoms with Crippen molar-refractivity contribution in [2.24, 2.45) is 34.5 Å². The van der Waals surface area contributed by atoms with Crippen LogP contribution in [-0.2, 0) is 4.79 Å². The summed E-state index contributed by atoms with van der Waals surface area (Å²) in [5.41, 5.74) is 0.0613. The fourth-order valence-electron chi connectivity index (χ4n) is 6.99. The monoisotopic (exact) mass is 307 g/mol. The maximum Gasteiger partial charge on any atom is 0.133 e. The van der Waals surface area contributed by atoms with Gasteiger partial charge in [-0.05, 0) is 73.0 Å². The van der Waals surface area contributed by atoms with Gasteiger partial charge in [-0.25, -0.2) is 4.39 Å². The molecule has 4 aliphatic carbocycles. The first-order chi connectivity index (χ1) is 10.4. The summed E-state index contributed by atoms with van der Waals surface area (Å²) < 4.78 is 14.2. The molecule has 0 radical (unpaired) electrons. The highest BCUT2D eigenvalue weighted by atomic mass is 18.2. The first-order valence-electron chi connectivity index (χ1n) is 9.20. The Hall–Kier alpha value is -0.440. The van der Waals surface area contributed by atoms with E-state index in [4.69, 9.17) is 0 Å². The number of rotatable bonds is 0. The van der Waals surface area contributed by atoms with E-state index in [1.165, 1.54) is 0 Å². The number of alkyl halides is 1. The zero-order valence-electron chi connectivity index (χ0n) is 13.9. The smallest absolute Gasteiger partial charge is 0.133 e. The molecule has 1 N–H and O–H groups in total. The molecule has 8 atom stereocenters. The molecule has 3 heteroatoms. The van der Waals surface area contributed by atoms with Gasteiger partial charge in [0.1, 0.15) is 12.0 Å². The molecule has 0 aromatic rings. The third-order valence-electron chi connectivity index (χ3n) is 8.42. The molecule has 0 aromatic heterocycles. The number of fused-ring (bicyclic) bond motifs is 5. The Morgan fingerprint density at radius 1 is 1.09 bits per heavy atom. The number of ketones is 1. The minimum absolute atomic E-state index is 0.214. The second-order valence-corrected chi connectivity index (χ2v) is 9.14. The first-order valence-corrected chi connectivity index (χ1v) is 9.20. The molecule has 0 heterocycles. The van der Waals surface area contributed by atoms with Crippen molar-refractivity contribution in [2.75, 3.05) is 0 Å². The third-order valence-corrected chi connectivity index (χ3v) is 8.42. The first kappa shape index (κ1) is 15.1. The Balaban J connectivity index is 1.64. The summed E-state index contributed by atoms with van der Waals surface area (Å²) in [6, 6.07) is 0. The molecular formula is C19H29FO2. The van der Waals surface area contributed by atoms with Crippen molar-refractivity contribution in [1.82, 2.24) is 0 Å². The Bertz CT molecular complexity index is 492. The van der Waals surface area contributed by atoms with Crippen molar-refractivity contribution in [2.45, 2.75) is 77.5 Å². The van der Waals surface area contributed by atoms with Crippen molar-refractivity contribution in [1.29, 1.82) is 0 Å². The molecule has 2 nitrogen and oxygen atoms in total. The van der Waals surface area contributed by atoms with Crippen molar-refractivity contribution in [3.05, 3.63) is 0 Å². The molecule has 22 heavy (non-hydrogen) atoms. The number of hydrogen-bond acceptors (Lipinski definition) is 2. The van der Waals surface area contributed by atoms with Crippen LogP contribution in [0.3, 0.4) is 0 Å². The summed E-state index contributed by atoms with van der Waals surface area (Å²) in [4.78, 5) is 11.9. The van der Waals surface area contributed by atoms with E-state index in [1.54, 1.807) is 0 Å². The summed E-state index contributed by atoms with van der Waals surface area (Å²) in [5, 5.41) is 10.4. The van der Waals surface area contributed by atoms with E-state index in [-0.39, 0.29) is 10.8 Å². The SMILES string of the molecule is C[C@]12CCC(=O)C[C@@H]1CC[C@@H]1[C@@H]2CC[C@]2(C)[C@@H](O)[C@@H]([18F])C[C@@H]12. The van der Waals surface area contributed by atoms with Gasteiger partial charge >= 0.3 is 0 Å². The molecule has 0 aliphatic heterocycles. The number of hydrogen-bond donors (Lipinski definition) is 1. The lowest BCUT2D eigenvalue weighted by Gasteiger charge is -2.59. The molecule has 4 fully saturated rings. The maximum atomic E-state index is 14.2. The molecule has 4 rings (SSSR count). The van der Waals surface area contributed by atoms with Gasteiger partial charge < -0.3 is 5.11 Å². The largest absolute Gasteiger partial charge is 0.390 e. The number of aliphatic hydroxyl groups excluding tert-OH is 1. The van der Waals surface area contributed by atoms with Crippen molar-refractivity contribution in [3.8, 4) is 0 Å². The van der Waals surface area contributed by atoms with Gasteiger partial charge in [-0.2, -0.15) is 0 Å². The van der Waals surface area contributed by atoms with Crippen LogP contribution in [0.5, 0.6) is 0 Å². The fourth-order valence-corrected chi connectivity index (χ4v) is 6.99. The molecule has 0 amide bonds. The van der Waals surface area contributed by atoms with E-state index in [0.29, 0.717) is 35.9 Å². The topological polar surface area (TPSA) is 37.3 Å². The van der Waals surface area contributed by atoms with Crippen molar-refractivity contribution >= 4 is 5.78 Å². The minimum atomic E-state index is -1.03. The van der Waals surface area contributed by atoms with Crippen molar-refractivity contribution in [3.63, 3.8) is 0 Å². The quantitative estimate of drug-likeness (QED) is 0.737. The number of halogens is 1. The zero-order valence-corrected chi connectivity index (χ0v) is 13.9. The summed E-state index contributed by atoms with van der Waals surface area (Å²) >= 11 is 0. The van der Waals surface area contributed by atoms with E-state index in [9.17, 15) is 14.3 Å². The van der Waals surface area contributed by atoms with Crippen LogP contribution in [0.4, 0.5) is 4.39 Å². The lowest BCUT2D eigenvalue weighted by molar-refractivity contribution is -0.142. The molecule has 0 saturated heterocycles. The lowest BCUT2D eigenvalue weighted by atomic mass is 9.45. The Kier molecular flexibility index (Phi) is 3.28. The van der Waals surface area contributed by atoms with E-state index in [2.05, 4.69) is 13.8 Å². The van der Waals surface area contributed by atoms with Crippen LogP contribution in [0.1, 0.15) is 65.2 Å². The van der Waals surface area contributed by atoms with Gasteiger partial charge in [0.2, 0.25) is 0 Å². The summed E-state index contributed by atoms with van der Waals surface area (Å²) in [6.07, 6.45) is 5.63. The minimum Gasteiger partial charge on any atom is -0.390 e. The van der Waals surface area contributed by atoms with Crippen LogP contribution >= 0.6 is 0 Å². The Labute approximate surface area is 132 Å². The molecule has 0 bridgehead atoms. The molecule has 0 aromatic carbocycles. The predicted octanol–water partition coefficient (Wildman–Crippen LogP) is 3.91. The molecule has 124 valence electrons. The van der Waals surface area contributed by atoms with Crippen LogP contribution in [-0.4, -0.2) is 23.2 Å². The van der Waals surface area contributed by atoms with Gasteiger partial charge in [0.05, 0.1) is 6.10 Å². The van der Waals surface area contributed by atoms with Gasteiger partial charge in [0.25, 0.3) is 0 Å². The average Bonchev–Trinajstić information content (AvgIpc) is 2.72. The van der Waals surface area contributed by atoms with Gasteiger partial charge in [0, 0.05) is 12.8 Å². The van der Waals surface area contributed by atoms with Gasteiger partial charge in [0.15, 0.2) is 0 Å². The molecular weight excluding hydrogens is 278 g/mol. The molecule has 4 saturated carbocycles. The lowest BCUT2D eigenvalue weighted by Crippen LogP contribution is -2.54. The standard InChI is InChI=1S/C19H29FO2/c1-18-7-5-12(21)9-11(18)3-4-13-14(18)6-8-19(2)15(13)10-16(20)17(19)22/h11,13-17,22H,3-10H2,1-2H3/t11-,13+,14-,15-,16-,17-,18-,19-/m0/s1/i20-1. The van der Waals surface area contributed by atoms with Gasteiger partial charge in [-0.3, -0.25) is 4.79 Å². The van der Waals surface area contributed by atoms with Crippen LogP contribution in [0.25, 0.3) is 0 Å². The van der Waals surface area contributed by atoms with Crippen LogP contribution in [0.2, 0.25) is 0 Å². The van der Waals surface area contributed by atoms with Gasteiger partial charge in [-0.1, -0.05) is 13.8 Å². The summed E-state index contributed by atoms with van der Waals surface area (Å²) in [6.45, 7) is 4.53. The Morgan fingerprint density at radius 3 is 2.64 bits per heavy atom. The fraction of sp³-hybridized carbons (Fsp3) is 0.947. The second-order valence-electron chi connectivity index (χ2n) is 9.14. The average molecular weight is 307 g/mol. The van der Waals surface area contributed by atoms with Crippen LogP contribution in [0, 0.1) is 34.5 Å². The molecule has 0 spiro atoms. The number of Topliss-reactive ketones (excluding diaryl/α,β-unsaturated/α-hetero) is 1. The van der Waals surface area contributed by atoms with E-state index in [0.717, 1.165) is 44.9 Å². The maximum absolute atomic E-state index is 14.2. The van der Waals surface area contributed by atoms with E-state index < -0.39 is 12.3 Å². The summed E-state index contributed by atoms with van der Waals surface area (Å²) in [7, 11) is 0. The third kappa shape index (κ3) is 1.84. The van der Waals surface area contributed by atoms with E-state index >= 15 is 0 Å². The normalized spacial score (nSPS) is 57.9. The van der Waals surface area contributed by atoms with Crippen molar-refractivity contribution < 1.29 is 14.3 Å². The zero-order chi connectivity index (χ0) is 15.7. The number of aliphatic hydroxyl groups is 1. The summed E-state index contributed by atoms with van der Waals surface area (Å²) in [5.74, 6) is 2.53. The predicted molar refractivity (Wildman–Crippen MR) is 83.0 cm³/mol. The van der Waals surface area contributed by atoms with Crippen LogP contribution < -0.4 is 0 Å². The second kappa shape index (κ2) is 4.78. The molecule has 4 aliphatic rings. The molecule has 0 unspecified atom stereocenters. The van der Waals surface area contributed by atoms with E-state index in [1.807, 2.05) is 0 Å². The van der Waals surface area contributed by atoms with Gasteiger partial charge in [-0.15, -0.1) is 0 Å². The Morgan fingerprint density at radius 2 is 1.86 bits per heavy atom. The highest BCUT2D eigenvalue weighted by Gasteiger charge is 2.62.